The van der Waals surface area contributed by atoms with Crippen molar-refractivity contribution in [2.75, 3.05) is 27.4 Å². The lowest BCUT2D eigenvalue weighted by molar-refractivity contribution is -0.140. The van der Waals surface area contributed by atoms with Crippen LogP contribution in [0.5, 0.6) is 11.5 Å². The normalized spacial score (nSPS) is 11.8. The zero-order valence-electron chi connectivity index (χ0n) is 13.3. The van der Waals surface area contributed by atoms with Gasteiger partial charge in [0, 0.05) is 24.1 Å². The van der Waals surface area contributed by atoms with Crippen molar-refractivity contribution in [3.05, 3.63) is 23.8 Å². The van der Waals surface area contributed by atoms with E-state index in [1.807, 2.05) is 18.2 Å². The molecule has 1 N–H and O–H groups in total. The van der Waals surface area contributed by atoms with E-state index in [9.17, 15) is 4.79 Å². The molecular weight excluding hydrogens is 270 g/mol. The number of hydrogen-bond donors (Lipinski definition) is 1. The molecule has 0 aromatic heterocycles. The molecule has 0 amide bonds. The lowest BCUT2D eigenvalue weighted by Gasteiger charge is -2.18. The highest BCUT2D eigenvalue weighted by Gasteiger charge is 2.12. The fourth-order valence-corrected chi connectivity index (χ4v) is 2.04. The Morgan fingerprint density at radius 1 is 1.33 bits per heavy atom. The number of benzene rings is 1. The summed E-state index contributed by atoms with van der Waals surface area (Å²) in [6.07, 6.45) is 0.984. The second-order valence-electron chi connectivity index (χ2n) is 4.71. The second kappa shape index (κ2) is 9.23. The molecule has 0 aliphatic rings. The summed E-state index contributed by atoms with van der Waals surface area (Å²) < 4.78 is 15.7. The molecule has 1 aromatic carbocycles. The molecule has 1 unspecified atom stereocenters. The quantitative estimate of drug-likeness (QED) is 0.561. The standard InChI is InChI=1S/C16H25NO4/c1-5-17-12(2)14-9-8-13(19-3)11-15(14)21-10-6-7-16(18)20-4/h8-9,11-12,17H,5-7,10H2,1-4H3. The molecule has 0 bridgehead atoms. The minimum atomic E-state index is -0.217. The number of rotatable bonds is 9. The molecule has 0 fully saturated rings. The summed E-state index contributed by atoms with van der Waals surface area (Å²) in [4.78, 5) is 11.1. The van der Waals surface area contributed by atoms with Gasteiger partial charge in [0.05, 0.1) is 20.8 Å². The highest BCUT2D eigenvalue weighted by Crippen LogP contribution is 2.29. The van der Waals surface area contributed by atoms with E-state index < -0.39 is 0 Å². The van der Waals surface area contributed by atoms with E-state index in [0.717, 1.165) is 23.6 Å². The highest BCUT2D eigenvalue weighted by molar-refractivity contribution is 5.69. The molecule has 1 rings (SSSR count). The smallest absolute Gasteiger partial charge is 0.305 e. The molecule has 0 saturated heterocycles. The van der Waals surface area contributed by atoms with Crippen molar-refractivity contribution in [3.63, 3.8) is 0 Å². The fourth-order valence-electron chi connectivity index (χ4n) is 2.04. The topological polar surface area (TPSA) is 56.8 Å². The number of methoxy groups -OCH3 is 2. The monoisotopic (exact) mass is 295 g/mol. The van der Waals surface area contributed by atoms with Crippen molar-refractivity contribution >= 4 is 5.97 Å². The van der Waals surface area contributed by atoms with E-state index in [0.29, 0.717) is 19.4 Å². The van der Waals surface area contributed by atoms with Gasteiger partial charge in [0.1, 0.15) is 11.5 Å². The van der Waals surface area contributed by atoms with Crippen LogP contribution in [-0.4, -0.2) is 33.3 Å². The summed E-state index contributed by atoms with van der Waals surface area (Å²) in [7, 11) is 3.02. The van der Waals surface area contributed by atoms with Crippen LogP contribution in [0.4, 0.5) is 0 Å². The molecule has 0 heterocycles. The van der Waals surface area contributed by atoms with Crippen molar-refractivity contribution < 1.29 is 19.0 Å². The molecule has 5 heteroatoms. The van der Waals surface area contributed by atoms with E-state index in [2.05, 4.69) is 23.9 Å². The van der Waals surface area contributed by atoms with Crippen molar-refractivity contribution in [1.29, 1.82) is 0 Å². The maximum absolute atomic E-state index is 11.1. The third-order valence-corrected chi connectivity index (χ3v) is 3.21. The van der Waals surface area contributed by atoms with E-state index in [1.54, 1.807) is 7.11 Å². The lowest BCUT2D eigenvalue weighted by Crippen LogP contribution is -2.18. The Morgan fingerprint density at radius 2 is 2.10 bits per heavy atom. The SMILES string of the molecule is CCNC(C)c1ccc(OC)cc1OCCCC(=O)OC. The number of esters is 1. The third-order valence-electron chi connectivity index (χ3n) is 3.21. The second-order valence-corrected chi connectivity index (χ2v) is 4.71. The van der Waals surface area contributed by atoms with Crippen LogP contribution in [0.3, 0.4) is 0 Å². The molecule has 21 heavy (non-hydrogen) atoms. The first-order valence-electron chi connectivity index (χ1n) is 7.23. The Labute approximate surface area is 126 Å². The van der Waals surface area contributed by atoms with E-state index >= 15 is 0 Å². The fraction of sp³-hybridized carbons (Fsp3) is 0.562. The molecule has 1 aromatic rings. The number of carbonyl (C=O) groups is 1. The Kier molecular flexibility index (Phi) is 7.61. The maximum Gasteiger partial charge on any atom is 0.305 e. The highest BCUT2D eigenvalue weighted by atomic mass is 16.5. The molecular formula is C16H25NO4. The van der Waals surface area contributed by atoms with E-state index in [-0.39, 0.29) is 12.0 Å². The molecule has 0 spiro atoms. The number of ether oxygens (including phenoxy) is 3. The van der Waals surface area contributed by atoms with E-state index in [1.165, 1.54) is 7.11 Å². The predicted octanol–water partition coefficient (Wildman–Crippen LogP) is 2.70. The van der Waals surface area contributed by atoms with Crippen LogP contribution in [0.15, 0.2) is 18.2 Å². The Morgan fingerprint density at radius 3 is 2.71 bits per heavy atom. The van der Waals surface area contributed by atoms with Gasteiger partial charge in [-0.25, -0.2) is 0 Å². The largest absolute Gasteiger partial charge is 0.497 e. The van der Waals surface area contributed by atoms with Crippen molar-refractivity contribution in [1.82, 2.24) is 5.32 Å². The number of hydrogen-bond acceptors (Lipinski definition) is 5. The Bertz CT molecular complexity index is 448. The average molecular weight is 295 g/mol. The summed E-state index contributed by atoms with van der Waals surface area (Å²) in [5, 5.41) is 3.36. The predicted molar refractivity (Wildman–Crippen MR) is 81.8 cm³/mol. The maximum atomic E-state index is 11.1. The van der Waals surface area contributed by atoms with Crippen molar-refractivity contribution in [2.24, 2.45) is 0 Å². The van der Waals surface area contributed by atoms with Crippen LogP contribution >= 0.6 is 0 Å². The zero-order valence-corrected chi connectivity index (χ0v) is 13.3. The average Bonchev–Trinajstić information content (AvgIpc) is 2.51. The van der Waals surface area contributed by atoms with Gasteiger partial charge < -0.3 is 19.5 Å². The summed E-state index contributed by atoms with van der Waals surface area (Å²) in [5.74, 6) is 1.32. The van der Waals surface area contributed by atoms with Crippen LogP contribution in [0.25, 0.3) is 0 Å². The summed E-state index contributed by atoms with van der Waals surface area (Å²) in [6.45, 7) is 5.51. The first-order valence-corrected chi connectivity index (χ1v) is 7.23. The molecule has 5 nitrogen and oxygen atoms in total. The Hall–Kier alpha value is -1.75. The van der Waals surface area contributed by atoms with Gasteiger partial charge in [-0.15, -0.1) is 0 Å². The third kappa shape index (κ3) is 5.63. The zero-order chi connectivity index (χ0) is 15.7. The minimum Gasteiger partial charge on any atom is -0.497 e. The van der Waals surface area contributed by atoms with Gasteiger partial charge in [0.15, 0.2) is 0 Å². The van der Waals surface area contributed by atoms with Crippen molar-refractivity contribution in [3.8, 4) is 11.5 Å². The Balaban J connectivity index is 2.70. The van der Waals surface area contributed by atoms with Crippen molar-refractivity contribution in [2.45, 2.75) is 32.7 Å². The van der Waals surface area contributed by atoms with Gasteiger partial charge in [0.25, 0.3) is 0 Å². The minimum absolute atomic E-state index is 0.191. The van der Waals surface area contributed by atoms with Crippen LogP contribution < -0.4 is 14.8 Å². The van der Waals surface area contributed by atoms with Gasteiger partial charge >= 0.3 is 5.97 Å². The molecule has 0 aliphatic heterocycles. The number of nitrogens with one attached hydrogen (secondary N) is 1. The molecule has 1 atom stereocenters. The summed E-state index contributed by atoms with van der Waals surface area (Å²) in [5.41, 5.74) is 1.08. The van der Waals surface area contributed by atoms with Crippen LogP contribution in [0.1, 0.15) is 38.3 Å². The van der Waals surface area contributed by atoms with Crippen LogP contribution in [0.2, 0.25) is 0 Å². The van der Waals surface area contributed by atoms with Crippen LogP contribution in [0, 0.1) is 0 Å². The first kappa shape index (κ1) is 17.3. The lowest BCUT2D eigenvalue weighted by atomic mass is 10.1. The van der Waals surface area contributed by atoms with Gasteiger partial charge in [0.2, 0.25) is 0 Å². The summed E-state index contributed by atoms with van der Waals surface area (Å²) >= 11 is 0. The number of carbonyl (C=O) groups excluding carboxylic acids is 1. The molecule has 118 valence electrons. The van der Waals surface area contributed by atoms with E-state index in [4.69, 9.17) is 9.47 Å². The molecule has 0 aliphatic carbocycles. The summed E-state index contributed by atoms with van der Waals surface area (Å²) in [6, 6.07) is 5.99. The van der Waals surface area contributed by atoms with Gasteiger partial charge in [-0.05, 0) is 26.0 Å². The molecule has 0 saturated carbocycles. The van der Waals surface area contributed by atoms with Gasteiger partial charge in [-0.1, -0.05) is 13.0 Å². The molecule has 0 radical (unpaired) electrons. The van der Waals surface area contributed by atoms with Gasteiger partial charge in [-0.3, -0.25) is 4.79 Å². The van der Waals surface area contributed by atoms with Crippen LogP contribution in [-0.2, 0) is 9.53 Å². The first-order chi connectivity index (χ1) is 10.1. The van der Waals surface area contributed by atoms with Gasteiger partial charge in [-0.2, -0.15) is 0 Å².